The van der Waals surface area contributed by atoms with Crippen molar-refractivity contribution in [1.29, 1.82) is 0 Å². The summed E-state index contributed by atoms with van der Waals surface area (Å²) in [4.78, 5) is 11.3. The van der Waals surface area contributed by atoms with E-state index in [1.807, 2.05) is 13.8 Å². The molecule has 2 heteroatoms. The largest absolute Gasteiger partial charge is 0.469 e. The van der Waals surface area contributed by atoms with E-state index in [1.54, 1.807) is 0 Å². The maximum absolute atomic E-state index is 11.3. The molecule has 1 atom stereocenters. The summed E-state index contributed by atoms with van der Waals surface area (Å²) in [5, 5.41) is 0. The number of ether oxygens (including phenoxy) is 1. The molecule has 0 amide bonds. The Morgan fingerprint density at radius 1 is 1.50 bits per heavy atom. The molecule has 0 aromatic carbocycles. The van der Waals surface area contributed by atoms with Gasteiger partial charge in [0.1, 0.15) is 0 Å². The second-order valence-corrected chi connectivity index (χ2v) is 3.90. The van der Waals surface area contributed by atoms with Crippen LogP contribution in [0.4, 0.5) is 0 Å². The van der Waals surface area contributed by atoms with Gasteiger partial charge in [-0.1, -0.05) is 20.3 Å². The van der Waals surface area contributed by atoms with Gasteiger partial charge in [0.25, 0.3) is 0 Å². The Kier molecular flexibility index (Phi) is 4.29. The predicted molar refractivity (Wildman–Crippen MR) is 49.9 cm³/mol. The van der Waals surface area contributed by atoms with Crippen molar-refractivity contribution in [3.63, 3.8) is 0 Å². The zero-order valence-electron chi connectivity index (χ0n) is 8.81. The van der Waals surface area contributed by atoms with Crippen molar-refractivity contribution in [2.24, 2.45) is 11.3 Å². The van der Waals surface area contributed by atoms with E-state index in [0.29, 0.717) is 5.92 Å². The number of methoxy groups -OCH3 is 1. The van der Waals surface area contributed by atoms with Gasteiger partial charge in [-0.25, -0.2) is 0 Å². The maximum atomic E-state index is 11.3. The Morgan fingerprint density at radius 3 is 2.33 bits per heavy atom. The molecule has 0 aromatic heterocycles. The first-order valence-electron chi connectivity index (χ1n) is 4.55. The molecular formula is C10H20O2. The van der Waals surface area contributed by atoms with Gasteiger partial charge in [0.05, 0.1) is 12.5 Å². The smallest absolute Gasteiger partial charge is 0.311 e. The van der Waals surface area contributed by atoms with E-state index in [0.717, 1.165) is 12.8 Å². The average Bonchev–Trinajstić information content (AvgIpc) is 2.03. The molecule has 0 heterocycles. The normalized spacial score (nSPS) is 14.1. The van der Waals surface area contributed by atoms with Crippen LogP contribution >= 0.6 is 0 Å². The average molecular weight is 172 g/mol. The number of carbonyl (C=O) groups is 1. The number of hydrogen-bond donors (Lipinski definition) is 0. The number of esters is 1. The lowest BCUT2D eigenvalue weighted by atomic mass is 9.78. The predicted octanol–water partition coefficient (Wildman–Crippen LogP) is 2.62. The van der Waals surface area contributed by atoms with Gasteiger partial charge in [0.15, 0.2) is 0 Å². The van der Waals surface area contributed by atoms with Gasteiger partial charge in [-0.2, -0.15) is 0 Å². The third-order valence-electron chi connectivity index (χ3n) is 2.67. The summed E-state index contributed by atoms with van der Waals surface area (Å²) in [7, 11) is 1.45. The van der Waals surface area contributed by atoms with Gasteiger partial charge in [0.2, 0.25) is 0 Å². The lowest BCUT2D eigenvalue weighted by Crippen LogP contribution is -2.32. The summed E-state index contributed by atoms with van der Waals surface area (Å²) in [5.74, 6) is 0.276. The summed E-state index contributed by atoms with van der Waals surface area (Å²) in [6.45, 7) is 8.11. The van der Waals surface area contributed by atoms with Crippen molar-refractivity contribution in [3.05, 3.63) is 0 Å². The zero-order chi connectivity index (χ0) is 9.78. The Balaban J connectivity index is 4.26. The van der Waals surface area contributed by atoms with Crippen LogP contribution in [0.5, 0.6) is 0 Å². The van der Waals surface area contributed by atoms with Crippen molar-refractivity contribution >= 4 is 5.97 Å². The van der Waals surface area contributed by atoms with Crippen LogP contribution in [-0.4, -0.2) is 13.1 Å². The van der Waals surface area contributed by atoms with Crippen LogP contribution in [0.1, 0.15) is 40.5 Å². The maximum Gasteiger partial charge on any atom is 0.311 e. The molecule has 0 aliphatic carbocycles. The van der Waals surface area contributed by atoms with Crippen LogP contribution in [0.2, 0.25) is 0 Å². The van der Waals surface area contributed by atoms with Crippen LogP contribution in [0.25, 0.3) is 0 Å². The Labute approximate surface area is 75.3 Å². The monoisotopic (exact) mass is 172 g/mol. The molecule has 0 rings (SSSR count). The van der Waals surface area contributed by atoms with Crippen LogP contribution < -0.4 is 0 Å². The van der Waals surface area contributed by atoms with Crippen molar-refractivity contribution < 1.29 is 9.53 Å². The first-order valence-corrected chi connectivity index (χ1v) is 4.55. The second-order valence-electron chi connectivity index (χ2n) is 3.90. The van der Waals surface area contributed by atoms with Crippen molar-refractivity contribution in [1.82, 2.24) is 0 Å². The molecule has 0 bridgehead atoms. The molecule has 1 unspecified atom stereocenters. The molecule has 0 aliphatic rings. The van der Waals surface area contributed by atoms with Gasteiger partial charge in [-0.3, -0.25) is 4.79 Å². The lowest BCUT2D eigenvalue weighted by molar-refractivity contribution is -0.153. The summed E-state index contributed by atoms with van der Waals surface area (Å²) < 4.78 is 4.74. The van der Waals surface area contributed by atoms with E-state index in [-0.39, 0.29) is 11.4 Å². The van der Waals surface area contributed by atoms with Gasteiger partial charge >= 0.3 is 5.97 Å². The van der Waals surface area contributed by atoms with E-state index in [1.165, 1.54) is 7.11 Å². The summed E-state index contributed by atoms with van der Waals surface area (Å²) >= 11 is 0. The first kappa shape index (κ1) is 11.5. The van der Waals surface area contributed by atoms with Crippen LogP contribution in [0.15, 0.2) is 0 Å². The highest BCUT2D eigenvalue weighted by molar-refractivity contribution is 5.76. The van der Waals surface area contributed by atoms with Crippen LogP contribution in [-0.2, 0) is 9.53 Å². The van der Waals surface area contributed by atoms with E-state index in [2.05, 4.69) is 13.8 Å². The molecule has 0 aromatic rings. The third kappa shape index (κ3) is 2.50. The molecule has 0 saturated heterocycles. The zero-order valence-corrected chi connectivity index (χ0v) is 8.81. The molecule has 0 aliphatic heterocycles. The first-order chi connectivity index (χ1) is 5.46. The fourth-order valence-electron chi connectivity index (χ4n) is 1.26. The number of carbonyl (C=O) groups excluding carboxylic acids is 1. The highest BCUT2D eigenvalue weighted by Gasteiger charge is 2.34. The van der Waals surface area contributed by atoms with E-state index < -0.39 is 0 Å². The lowest BCUT2D eigenvalue weighted by Gasteiger charge is -2.28. The topological polar surface area (TPSA) is 26.3 Å². The standard InChI is InChI=1S/C10H20O2/c1-6-7-8(2)10(3,4)9(11)12-5/h8H,6-7H2,1-5H3. The summed E-state index contributed by atoms with van der Waals surface area (Å²) in [6, 6.07) is 0. The van der Waals surface area contributed by atoms with E-state index in [4.69, 9.17) is 4.74 Å². The molecule has 0 radical (unpaired) electrons. The molecule has 0 saturated carbocycles. The highest BCUT2D eigenvalue weighted by Crippen LogP contribution is 2.31. The Bertz CT molecular complexity index is 150. The summed E-state index contributed by atoms with van der Waals surface area (Å²) in [5.41, 5.74) is -0.342. The van der Waals surface area contributed by atoms with Gasteiger partial charge in [-0.15, -0.1) is 0 Å². The van der Waals surface area contributed by atoms with Crippen LogP contribution in [0, 0.1) is 11.3 Å². The number of rotatable bonds is 4. The Hall–Kier alpha value is -0.530. The van der Waals surface area contributed by atoms with Crippen LogP contribution in [0.3, 0.4) is 0 Å². The SMILES string of the molecule is CCCC(C)C(C)(C)C(=O)OC. The van der Waals surface area contributed by atoms with E-state index in [9.17, 15) is 4.79 Å². The van der Waals surface area contributed by atoms with Crippen molar-refractivity contribution in [3.8, 4) is 0 Å². The van der Waals surface area contributed by atoms with Gasteiger partial charge in [0, 0.05) is 0 Å². The quantitative estimate of drug-likeness (QED) is 0.609. The highest BCUT2D eigenvalue weighted by atomic mass is 16.5. The van der Waals surface area contributed by atoms with E-state index >= 15 is 0 Å². The van der Waals surface area contributed by atoms with Crippen molar-refractivity contribution in [2.45, 2.75) is 40.5 Å². The van der Waals surface area contributed by atoms with Gasteiger partial charge in [-0.05, 0) is 26.2 Å². The molecule has 12 heavy (non-hydrogen) atoms. The minimum atomic E-state index is -0.342. The second kappa shape index (κ2) is 4.48. The molecule has 2 nitrogen and oxygen atoms in total. The molecule has 0 N–H and O–H groups in total. The fourth-order valence-corrected chi connectivity index (χ4v) is 1.26. The number of hydrogen-bond acceptors (Lipinski definition) is 2. The van der Waals surface area contributed by atoms with Crippen molar-refractivity contribution in [2.75, 3.05) is 7.11 Å². The summed E-state index contributed by atoms with van der Waals surface area (Å²) in [6.07, 6.45) is 2.18. The third-order valence-corrected chi connectivity index (χ3v) is 2.67. The molecule has 0 fully saturated rings. The molecule has 72 valence electrons. The fraction of sp³-hybridized carbons (Fsp3) is 0.900. The minimum absolute atomic E-state index is 0.108. The molecular weight excluding hydrogens is 152 g/mol. The minimum Gasteiger partial charge on any atom is -0.469 e. The van der Waals surface area contributed by atoms with Gasteiger partial charge < -0.3 is 4.74 Å². The molecule has 0 spiro atoms. The Morgan fingerprint density at radius 2 is 2.00 bits per heavy atom.